The minimum Gasteiger partial charge on any atom is -0.323 e. The van der Waals surface area contributed by atoms with E-state index in [1.807, 2.05) is 38.1 Å². The number of hydrogen-bond donors (Lipinski definition) is 4. The van der Waals surface area contributed by atoms with Crippen molar-refractivity contribution in [3.63, 3.8) is 0 Å². The average Bonchev–Trinajstić information content (AvgIpc) is 3.53. The van der Waals surface area contributed by atoms with Gasteiger partial charge in [-0.2, -0.15) is 8.42 Å². The van der Waals surface area contributed by atoms with Crippen molar-refractivity contribution in [3.05, 3.63) is 57.6 Å². The molecule has 0 radical (unpaired) electrons. The number of carbonyl (C=O) groups is 2. The third-order valence-electron chi connectivity index (χ3n) is 6.10. The Morgan fingerprint density at radius 2 is 1.05 bits per heavy atom. The standard InChI is InChI=1S/2C13H17ClN2O.H2O4S/c2*1-10-5-4-6-11(14)13(10)15-12(17)9-16-7-2-3-8-16;1-5(2,3)4/h2*4-6H,2-3,7-9H2,1H3,(H,15,17);(H2,1,2,3,4). The van der Waals surface area contributed by atoms with Crippen LogP contribution in [-0.4, -0.2) is 78.4 Å². The Balaban J connectivity index is 0.000000234. The number of nitrogens with one attached hydrogen (secondary N) is 2. The van der Waals surface area contributed by atoms with E-state index in [2.05, 4.69) is 20.4 Å². The first-order chi connectivity index (χ1) is 18.3. The Bertz CT molecular complexity index is 1090. The van der Waals surface area contributed by atoms with Crippen LogP contribution in [0.4, 0.5) is 11.4 Å². The summed E-state index contributed by atoms with van der Waals surface area (Å²) in [4.78, 5) is 28.1. The maximum absolute atomic E-state index is 11.9. The normalized spacial score (nSPS) is 15.5. The van der Waals surface area contributed by atoms with E-state index < -0.39 is 10.4 Å². The van der Waals surface area contributed by atoms with E-state index in [-0.39, 0.29) is 11.8 Å². The van der Waals surface area contributed by atoms with Gasteiger partial charge in [0.05, 0.1) is 34.5 Å². The highest BCUT2D eigenvalue weighted by molar-refractivity contribution is 7.79. The van der Waals surface area contributed by atoms with Crippen LogP contribution in [0, 0.1) is 13.8 Å². The van der Waals surface area contributed by atoms with Crippen LogP contribution >= 0.6 is 23.2 Å². The molecule has 0 unspecified atom stereocenters. The molecule has 2 fully saturated rings. The van der Waals surface area contributed by atoms with Gasteiger partial charge in [-0.15, -0.1) is 0 Å². The molecule has 0 aromatic heterocycles. The Hall–Kier alpha value is -2.25. The van der Waals surface area contributed by atoms with E-state index in [1.165, 1.54) is 25.7 Å². The highest BCUT2D eigenvalue weighted by Gasteiger charge is 2.17. The van der Waals surface area contributed by atoms with Crippen LogP contribution in [0.2, 0.25) is 10.0 Å². The Morgan fingerprint density at radius 1 is 0.744 bits per heavy atom. The molecule has 0 spiro atoms. The summed E-state index contributed by atoms with van der Waals surface area (Å²) in [7, 11) is -4.67. The molecule has 13 heteroatoms. The Kier molecular flexibility index (Phi) is 13.6. The summed E-state index contributed by atoms with van der Waals surface area (Å²) in [6, 6.07) is 11.2. The molecule has 10 nitrogen and oxygen atoms in total. The number of aryl methyl sites for hydroxylation is 2. The topological polar surface area (TPSA) is 139 Å². The molecule has 0 atom stereocenters. The number of nitrogens with zero attached hydrogens (tertiary/aromatic N) is 2. The van der Waals surface area contributed by atoms with Crippen LogP contribution in [-0.2, 0) is 20.0 Å². The van der Waals surface area contributed by atoms with E-state index >= 15 is 0 Å². The molecule has 2 aromatic rings. The molecular weight excluding hydrogens is 567 g/mol. The van der Waals surface area contributed by atoms with Gasteiger partial charge in [0.1, 0.15) is 0 Å². The summed E-state index contributed by atoms with van der Waals surface area (Å²) in [6.07, 6.45) is 4.77. The van der Waals surface area contributed by atoms with Gasteiger partial charge < -0.3 is 10.6 Å². The molecule has 2 amide bonds. The number of likely N-dealkylation sites (tertiary alicyclic amines) is 2. The van der Waals surface area contributed by atoms with E-state index in [0.29, 0.717) is 23.1 Å². The molecular formula is C26H36Cl2N4O6S. The predicted molar refractivity (Wildman–Crippen MR) is 155 cm³/mol. The number of anilines is 2. The second-order valence-corrected chi connectivity index (χ2v) is 11.1. The molecule has 2 aliphatic heterocycles. The van der Waals surface area contributed by atoms with E-state index in [4.69, 9.17) is 40.7 Å². The molecule has 0 bridgehead atoms. The van der Waals surface area contributed by atoms with Gasteiger partial charge in [0, 0.05) is 0 Å². The molecule has 2 heterocycles. The minimum absolute atomic E-state index is 0.0168. The lowest BCUT2D eigenvalue weighted by Gasteiger charge is -2.15. The number of rotatable bonds is 6. The molecule has 4 N–H and O–H groups in total. The Labute approximate surface area is 240 Å². The van der Waals surface area contributed by atoms with Gasteiger partial charge in [-0.3, -0.25) is 28.5 Å². The zero-order valence-electron chi connectivity index (χ0n) is 22.1. The number of para-hydroxylation sites is 2. The van der Waals surface area contributed by atoms with Crippen LogP contribution in [0.5, 0.6) is 0 Å². The first-order valence-corrected chi connectivity index (χ1v) is 14.7. The second-order valence-electron chi connectivity index (χ2n) is 9.37. The van der Waals surface area contributed by atoms with Crippen LogP contribution in [0.1, 0.15) is 36.8 Å². The minimum atomic E-state index is -4.67. The summed E-state index contributed by atoms with van der Waals surface area (Å²) < 4.78 is 31.6. The predicted octanol–water partition coefficient (Wildman–Crippen LogP) is 4.71. The lowest BCUT2D eigenvalue weighted by molar-refractivity contribution is -0.117. The second kappa shape index (κ2) is 16.1. The Morgan fingerprint density at radius 3 is 1.33 bits per heavy atom. The number of carbonyl (C=O) groups excluding carboxylic acids is 2. The number of benzene rings is 2. The van der Waals surface area contributed by atoms with Crippen molar-refractivity contribution in [2.45, 2.75) is 39.5 Å². The van der Waals surface area contributed by atoms with Crippen LogP contribution in [0.25, 0.3) is 0 Å². The molecule has 2 aromatic carbocycles. The van der Waals surface area contributed by atoms with Crippen LogP contribution in [0.3, 0.4) is 0 Å². The highest BCUT2D eigenvalue weighted by Crippen LogP contribution is 2.26. The fraction of sp³-hybridized carbons (Fsp3) is 0.462. The maximum atomic E-state index is 11.9. The first kappa shape index (κ1) is 33.0. The number of halogens is 2. The third kappa shape index (κ3) is 13.1. The van der Waals surface area contributed by atoms with Gasteiger partial charge in [0.25, 0.3) is 0 Å². The first-order valence-electron chi connectivity index (χ1n) is 12.6. The van der Waals surface area contributed by atoms with Crippen molar-refractivity contribution < 1.29 is 27.1 Å². The lowest BCUT2D eigenvalue weighted by Crippen LogP contribution is -2.31. The number of hydrogen-bond acceptors (Lipinski definition) is 6. The molecule has 2 saturated heterocycles. The summed E-state index contributed by atoms with van der Waals surface area (Å²) in [5.41, 5.74) is 3.45. The highest BCUT2D eigenvalue weighted by atomic mass is 35.5. The monoisotopic (exact) mass is 602 g/mol. The molecule has 0 saturated carbocycles. The quantitative estimate of drug-likeness (QED) is 0.348. The largest absolute Gasteiger partial charge is 0.394 e. The van der Waals surface area contributed by atoms with Gasteiger partial charge in [0.2, 0.25) is 11.8 Å². The van der Waals surface area contributed by atoms with Crippen molar-refractivity contribution in [3.8, 4) is 0 Å². The summed E-state index contributed by atoms with van der Waals surface area (Å²) in [5, 5.41) is 6.98. The van der Waals surface area contributed by atoms with Gasteiger partial charge in [-0.05, 0) is 89.0 Å². The smallest absolute Gasteiger partial charge is 0.323 e. The maximum Gasteiger partial charge on any atom is 0.394 e. The summed E-state index contributed by atoms with van der Waals surface area (Å²) >= 11 is 12.1. The lowest BCUT2D eigenvalue weighted by atomic mass is 10.2. The number of amides is 2. The molecule has 2 aliphatic rings. The molecule has 4 rings (SSSR count). The van der Waals surface area contributed by atoms with Gasteiger partial charge in [-0.25, -0.2) is 0 Å². The van der Waals surface area contributed by atoms with Crippen molar-refractivity contribution in [1.29, 1.82) is 0 Å². The third-order valence-corrected chi connectivity index (χ3v) is 6.73. The van der Waals surface area contributed by atoms with E-state index in [1.54, 1.807) is 12.1 Å². The van der Waals surface area contributed by atoms with Gasteiger partial charge >= 0.3 is 10.4 Å². The molecule has 39 heavy (non-hydrogen) atoms. The van der Waals surface area contributed by atoms with Crippen molar-refractivity contribution >= 4 is 56.8 Å². The van der Waals surface area contributed by atoms with Crippen molar-refractivity contribution in [1.82, 2.24) is 9.80 Å². The fourth-order valence-corrected chi connectivity index (χ4v) is 4.76. The zero-order chi connectivity index (χ0) is 29.0. The van der Waals surface area contributed by atoms with E-state index in [9.17, 15) is 9.59 Å². The summed E-state index contributed by atoms with van der Waals surface area (Å²) in [5.74, 6) is 0.0335. The van der Waals surface area contributed by atoms with Crippen LogP contribution < -0.4 is 10.6 Å². The molecule has 0 aliphatic carbocycles. The average molecular weight is 604 g/mol. The molecule has 216 valence electrons. The van der Waals surface area contributed by atoms with Crippen molar-refractivity contribution in [2.24, 2.45) is 0 Å². The SMILES string of the molecule is Cc1cccc(Cl)c1NC(=O)CN1CCCC1.Cc1cccc(Cl)c1NC(=O)CN1CCCC1.O=S(=O)(O)O. The zero-order valence-corrected chi connectivity index (χ0v) is 24.4. The van der Waals surface area contributed by atoms with Gasteiger partial charge in [0.15, 0.2) is 0 Å². The summed E-state index contributed by atoms with van der Waals surface area (Å²) in [6.45, 7) is 8.90. The fourth-order valence-electron chi connectivity index (χ4n) is 4.23. The van der Waals surface area contributed by atoms with Gasteiger partial charge in [-0.1, -0.05) is 47.5 Å². The van der Waals surface area contributed by atoms with Crippen molar-refractivity contribution in [2.75, 3.05) is 49.9 Å². The van der Waals surface area contributed by atoms with E-state index in [0.717, 1.165) is 48.7 Å². The van der Waals surface area contributed by atoms with Crippen LogP contribution in [0.15, 0.2) is 36.4 Å².